The van der Waals surface area contributed by atoms with E-state index in [0.717, 1.165) is 25.1 Å². The number of rotatable bonds is 4. The van der Waals surface area contributed by atoms with Gasteiger partial charge in [0.15, 0.2) is 0 Å². The van der Waals surface area contributed by atoms with Crippen LogP contribution in [0, 0.1) is 11.3 Å². The van der Waals surface area contributed by atoms with E-state index in [1.165, 1.54) is 0 Å². The Kier molecular flexibility index (Phi) is 4.48. The molecule has 1 fully saturated rings. The quantitative estimate of drug-likeness (QED) is 0.780. The van der Waals surface area contributed by atoms with Gasteiger partial charge < -0.3 is 9.64 Å². The van der Waals surface area contributed by atoms with Crippen molar-refractivity contribution >= 4 is 6.09 Å². The van der Waals surface area contributed by atoms with Crippen molar-refractivity contribution in [2.24, 2.45) is 11.3 Å². The van der Waals surface area contributed by atoms with E-state index in [-0.39, 0.29) is 11.5 Å². The number of hydrogen-bond donors (Lipinski definition) is 0. The van der Waals surface area contributed by atoms with Crippen molar-refractivity contribution in [2.75, 3.05) is 13.1 Å². The molecule has 108 valence electrons. The fourth-order valence-electron chi connectivity index (χ4n) is 2.51. The molecule has 0 saturated carbocycles. The van der Waals surface area contributed by atoms with Crippen LogP contribution in [0.4, 0.5) is 4.79 Å². The summed E-state index contributed by atoms with van der Waals surface area (Å²) >= 11 is 0. The monoisotopic (exact) mass is 273 g/mol. The van der Waals surface area contributed by atoms with Gasteiger partial charge in [-0.3, -0.25) is 0 Å². The molecule has 0 bridgehead atoms. The molecule has 1 heterocycles. The average molecular weight is 273 g/mol. The first-order chi connectivity index (χ1) is 9.53. The summed E-state index contributed by atoms with van der Waals surface area (Å²) in [7, 11) is 0. The van der Waals surface area contributed by atoms with Gasteiger partial charge in [-0.25, -0.2) is 4.79 Å². The summed E-state index contributed by atoms with van der Waals surface area (Å²) in [6, 6.07) is 9.76. The summed E-state index contributed by atoms with van der Waals surface area (Å²) in [4.78, 5) is 13.9. The van der Waals surface area contributed by atoms with Gasteiger partial charge in [0.2, 0.25) is 0 Å². The fraction of sp³-hybridized carbons (Fsp3) is 0.471. The molecule has 1 atom stereocenters. The highest BCUT2D eigenvalue weighted by Gasteiger charge is 2.35. The summed E-state index contributed by atoms with van der Waals surface area (Å²) in [5.74, 6) is 0.462. The van der Waals surface area contributed by atoms with Gasteiger partial charge in [0.25, 0.3) is 0 Å². The first kappa shape index (κ1) is 14.6. The summed E-state index contributed by atoms with van der Waals surface area (Å²) in [6.45, 7) is 10.1. The van der Waals surface area contributed by atoms with E-state index in [1.54, 1.807) is 4.90 Å². The van der Waals surface area contributed by atoms with E-state index in [1.807, 2.05) is 36.4 Å². The summed E-state index contributed by atoms with van der Waals surface area (Å²) in [5, 5.41) is 0. The van der Waals surface area contributed by atoms with Crippen LogP contribution in [0.3, 0.4) is 0 Å². The number of amides is 1. The largest absolute Gasteiger partial charge is 0.445 e. The highest BCUT2D eigenvalue weighted by atomic mass is 16.6. The van der Waals surface area contributed by atoms with Gasteiger partial charge in [-0.2, -0.15) is 0 Å². The smallest absolute Gasteiger partial charge is 0.410 e. The Balaban J connectivity index is 1.84. The lowest BCUT2D eigenvalue weighted by molar-refractivity contribution is 0.101. The van der Waals surface area contributed by atoms with Crippen molar-refractivity contribution in [3.05, 3.63) is 48.6 Å². The maximum atomic E-state index is 12.1. The molecule has 0 aliphatic carbocycles. The molecule has 0 spiro atoms. The second-order valence-electron chi connectivity index (χ2n) is 6.00. The summed E-state index contributed by atoms with van der Waals surface area (Å²) < 4.78 is 5.37. The minimum atomic E-state index is -0.212. The standard InChI is InChI=1S/C17H23NO2/c1-4-17(2,3)15-10-11-18(12-15)16(19)20-13-14-8-6-5-7-9-14/h4-9,15H,1,10-13H2,2-3H3. The Morgan fingerprint density at radius 3 is 2.80 bits per heavy atom. The molecule has 1 aromatic carbocycles. The predicted molar refractivity (Wildman–Crippen MR) is 80.3 cm³/mol. The number of allylic oxidation sites excluding steroid dienone is 1. The van der Waals surface area contributed by atoms with Crippen LogP contribution in [0.15, 0.2) is 43.0 Å². The minimum Gasteiger partial charge on any atom is -0.445 e. The van der Waals surface area contributed by atoms with E-state index in [0.29, 0.717) is 12.5 Å². The van der Waals surface area contributed by atoms with E-state index in [2.05, 4.69) is 20.4 Å². The number of ether oxygens (including phenoxy) is 1. The van der Waals surface area contributed by atoms with Gasteiger partial charge in [-0.1, -0.05) is 50.3 Å². The Bertz CT molecular complexity index is 467. The van der Waals surface area contributed by atoms with Crippen molar-refractivity contribution in [1.29, 1.82) is 0 Å². The Labute approximate surface area is 121 Å². The van der Waals surface area contributed by atoms with Crippen LogP contribution in [0.2, 0.25) is 0 Å². The average Bonchev–Trinajstić information content (AvgIpc) is 2.96. The zero-order valence-electron chi connectivity index (χ0n) is 12.3. The highest BCUT2D eigenvalue weighted by Crippen LogP contribution is 2.35. The van der Waals surface area contributed by atoms with Crippen LogP contribution < -0.4 is 0 Å². The number of hydrogen-bond acceptors (Lipinski definition) is 2. The van der Waals surface area contributed by atoms with E-state index in [9.17, 15) is 4.79 Å². The first-order valence-electron chi connectivity index (χ1n) is 7.12. The number of likely N-dealkylation sites (tertiary alicyclic amines) is 1. The van der Waals surface area contributed by atoms with Crippen LogP contribution in [-0.4, -0.2) is 24.1 Å². The lowest BCUT2D eigenvalue weighted by atomic mass is 9.78. The van der Waals surface area contributed by atoms with Gasteiger partial charge in [0.1, 0.15) is 6.61 Å². The van der Waals surface area contributed by atoms with E-state index < -0.39 is 0 Å². The molecule has 1 aliphatic rings. The Morgan fingerprint density at radius 2 is 2.15 bits per heavy atom. The second-order valence-corrected chi connectivity index (χ2v) is 6.00. The number of carbonyl (C=O) groups is 1. The van der Waals surface area contributed by atoms with E-state index in [4.69, 9.17) is 4.74 Å². The van der Waals surface area contributed by atoms with Gasteiger partial charge in [-0.05, 0) is 23.3 Å². The Hall–Kier alpha value is -1.77. The maximum absolute atomic E-state index is 12.1. The lowest BCUT2D eigenvalue weighted by Gasteiger charge is -2.27. The van der Waals surface area contributed by atoms with Gasteiger partial charge in [0, 0.05) is 13.1 Å². The second kappa shape index (κ2) is 6.12. The molecule has 3 heteroatoms. The molecular weight excluding hydrogens is 250 g/mol. The summed E-state index contributed by atoms with van der Waals surface area (Å²) in [6.07, 6.45) is 2.78. The number of nitrogens with zero attached hydrogens (tertiary/aromatic N) is 1. The molecule has 1 unspecified atom stereocenters. The number of carbonyl (C=O) groups excluding carboxylic acids is 1. The molecule has 3 nitrogen and oxygen atoms in total. The zero-order chi connectivity index (χ0) is 14.6. The summed E-state index contributed by atoms with van der Waals surface area (Å²) in [5.41, 5.74) is 1.08. The maximum Gasteiger partial charge on any atom is 0.410 e. The molecule has 1 saturated heterocycles. The van der Waals surface area contributed by atoms with Crippen molar-refractivity contribution in [2.45, 2.75) is 26.9 Å². The van der Waals surface area contributed by atoms with Crippen molar-refractivity contribution < 1.29 is 9.53 Å². The molecule has 1 amide bonds. The van der Waals surface area contributed by atoms with Crippen molar-refractivity contribution in [3.8, 4) is 0 Å². The molecule has 0 aromatic heterocycles. The number of benzene rings is 1. The third kappa shape index (κ3) is 3.41. The van der Waals surface area contributed by atoms with Gasteiger partial charge >= 0.3 is 6.09 Å². The topological polar surface area (TPSA) is 29.5 Å². The molecule has 0 N–H and O–H groups in total. The fourth-order valence-corrected chi connectivity index (χ4v) is 2.51. The van der Waals surface area contributed by atoms with Crippen molar-refractivity contribution in [3.63, 3.8) is 0 Å². The molecule has 20 heavy (non-hydrogen) atoms. The first-order valence-corrected chi connectivity index (χ1v) is 7.12. The highest BCUT2D eigenvalue weighted by molar-refractivity contribution is 5.68. The third-order valence-electron chi connectivity index (χ3n) is 4.23. The molecule has 1 aromatic rings. The van der Waals surface area contributed by atoms with Gasteiger partial charge in [-0.15, -0.1) is 6.58 Å². The van der Waals surface area contributed by atoms with Crippen LogP contribution in [0.25, 0.3) is 0 Å². The predicted octanol–water partition coefficient (Wildman–Crippen LogP) is 3.86. The minimum absolute atomic E-state index is 0.0639. The van der Waals surface area contributed by atoms with Crippen LogP contribution in [-0.2, 0) is 11.3 Å². The lowest BCUT2D eigenvalue weighted by Crippen LogP contribution is -2.31. The normalized spacial score (nSPS) is 18.9. The van der Waals surface area contributed by atoms with Crippen molar-refractivity contribution in [1.82, 2.24) is 4.90 Å². The molecule has 0 radical (unpaired) electrons. The van der Waals surface area contributed by atoms with Crippen LogP contribution >= 0.6 is 0 Å². The third-order valence-corrected chi connectivity index (χ3v) is 4.23. The molecule has 2 rings (SSSR count). The Morgan fingerprint density at radius 1 is 1.45 bits per heavy atom. The van der Waals surface area contributed by atoms with Crippen LogP contribution in [0.5, 0.6) is 0 Å². The molecule has 1 aliphatic heterocycles. The zero-order valence-corrected chi connectivity index (χ0v) is 12.3. The van der Waals surface area contributed by atoms with Crippen LogP contribution in [0.1, 0.15) is 25.8 Å². The molecular formula is C17H23NO2. The van der Waals surface area contributed by atoms with Gasteiger partial charge in [0.05, 0.1) is 0 Å². The SMILES string of the molecule is C=CC(C)(C)C1CCN(C(=O)OCc2ccccc2)C1. The van der Waals surface area contributed by atoms with E-state index >= 15 is 0 Å².